The summed E-state index contributed by atoms with van der Waals surface area (Å²) in [4.78, 5) is 22.8. The minimum absolute atomic E-state index is 0.0164. The maximum absolute atomic E-state index is 11.7. The Morgan fingerprint density at radius 1 is 1.41 bits per heavy atom. The Morgan fingerprint density at radius 3 is 2.59 bits per heavy atom. The lowest BCUT2D eigenvalue weighted by molar-refractivity contribution is -0.137. The van der Waals surface area contributed by atoms with Crippen molar-refractivity contribution in [2.45, 2.75) is 37.3 Å². The van der Waals surface area contributed by atoms with Gasteiger partial charge in [0.05, 0.1) is 4.90 Å². The third-order valence-corrected chi connectivity index (χ3v) is 3.50. The first-order valence-corrected chi connectivity index (χ1v) is 7.51. The Hall–Kier alpha value is -1.93. The molecular formula is C14H20N2O5S. The normalized spacial score (nSPS) is 12.5. The molecule has 1 aromatic rings. The zero-order chi connectivity index (χ0) is 16.9. The molecule has 7 nitrogen and oxygen atoms in total. The van der Waals surface area contributed by atoms with Crippen molar-refractivity contribution in [3.63, 3.8) is 0 Å². The molecule has 0 aliphatic heterocycles. The quantitative estimate of drug-likeness (QED) is 0.483. The molecule has 5 N–H and O–H groups in total. The lowest BCUT2D eigenvalue weighted by Gasteiger charge is -2.20. The smallest absolute Gasteiger partial charge is 0.412 e. The van der Waals surface area contributed by atoms with Crippen LogP contribution in [0.25, 0.3) is 0 Å². The lowest BCUT2D eigenvalue weighted by Crippen LogP contribution is -2.32. The van der Waals surface area contributed by atoms with Crippen molar-refractivity contribution < 1.29 is 24.5 Å². The van der Waals surface area contributed by atoms with Gasteiger partial charge in [0.1, 0.15) is 17.4 Å². The number of hydrogen-bond acceptors (Lipinski definition) is 6. The van der Waals surface area contributed by atoms with Crippen molar-refractivity contribution in [1.82, 2.24) is 0 Å². The van der Waals surface area contributed by atoms with Gasteiger partial charge in [-0.15, -0.1) is 11.8 Å². The van der Waals surface area contributed by atoms with E-state index in [2.05, 4.69) is 5.32 Å². The van der Waals surface area contributed by atoms with Crippen LogP contribution in [0.5, 0.6) is 5.75 Å². The number of carboxylic acid groups (broad SMARTS) is 1. The number of nitrogens with one attached hydrogen (secondary N) is 1. The number of carbonyl (C=O) groups excluding carboxylic acids is 1. The average Bonchev–Trinajstić information content (AvgIpc) is 2.36. The summed E-state index contributed by atoms with van der Waals surface area (Å²) < 4.78 is 5.12. The molecule has 0 saturated heterocycles. The standard InChI is InChI=1S/C14H20N2O5S/c1-14(2,3)21-13(20)16-8-4-5-10(17)11(6-8)22-7-9(15)12(18)19/h4-6,9,17H,7,15H2,1-3H3,(H,16,20)(H,18,19)/t9-/m0/s1. The van der Waals surface area contributed by atoms with Crippen LogP contribution >= 0.6 is 11.8 Å². The summed E-state index contributed by atoms with van der Waals surface area (Å²) in [5.41, 5.74) is 5.22. The highest BCUT2D eigenvalue weighted by Gasteiger charge is 2.17. The molecule has 0 radical (unpaired) electrons. The topological polar surface area (TPSA) is 122 Å². The van der Waals surface area contributed by atoms with Crippen molar-refractivity contribution in [3.05, 3.63) is 18.2 Å². The molecule has 1 amide bonds. The molecular weight excluding hydrogens is 308 g/mol. The third kappa shape index (κ3) is 6.23. The summed E-state index contributed by atoms with van der Waals surface area (Å²) in [6.45, 7) is 5.24. The highest BCUT2D eigenvalue weighted by Crippen LogP contribution is 2.31. The second-order valence-electron chi connectivity index (χ2n) is 5.57. The Morgan fingerprint density at radius 2 is 2.05 bits per heavy atom. The van der Waals surface area contributed by atoms with Crippen molar-refractivity contribution in [3.8, 4) is 5.75 Å². The van der Waals surface area contributed by atoms with E-state index in [0.29, 0.717) is 10.6 Å². The molecule has 1 atom stereocenters. The van der Waals surface area contributed by atoms with Gasteiger partial charge in [-0.3, -0.25) is 10.1 Å². The molecule has 0 bridgehead atoms. The highest BCUT2D eigenvalue weighted by atomic mass is 32.2. The van der Waals surface area contributed by atoms with E-state index in [4.69, 9.17) is 15.6 Å². The predicted octanol–water partition coefficient (Wildman–Crippen LogP) is 2.24. The molecule has 122 valence electrons. The summed E-state index contributed by atoms with van der Waals surface area (Å²) in [5.74, 6) is -1.04. The lowest BCUT2D eigenvalue weighted by atomic mass is 10.2. The molecule has 0 aliphatic rings. The van der Waals surface area contributed by atoms with Crippen LogP contribution in [0.4, 0.5) is 10.5 Å². The van der Waals surface area contributed by atoms with Crippen molar-refractivity contribution in [1.29, 1.82) is 0 Å². The molecule has 0 saturated carbocycles. The number of phenolic OH excluding ortho intramolecular Hbond substituents is 1. The number of thioether (sulfide) groups is 1. The predicted molar refractivity (Wildman–Crippen MR) is 84.3 cm³/mol. The van der Waals surface area contributed by atoms with E-state index in [0.717, 1.165) is 11.8 Å². The van der Waals surface area contributed by atoms with Gasteiger partial charge in [0.2, 0.25) is 0 Å². The summed E-state index contributed by atoms with van der Waals surface area (Å²) in [7, 11) is 0. The van der Waals surface area contributed by atoms with Gasteiger partial charge in [0.25, 0.3) is 0 Å². The van der Waals surface area contributed by atoms with Crippen LogP contribution in [-0.4, -0.2) is 39.7 Å². The number of carboxylic acids is 1. The van der Waals surface area contributed by atoms with E-state index >= 15 is 0 Å². The number of aromatic hydroxyl groups is 1. The number of phenols is 1. The number of nitrogens with two attached hydrogens (primary N) is 1. The fourth-order valence-electron chi connectivity index (χ4n) is 1.38. The van der Waals surface area contributed by atoms with Crippen LogP contribution in [0, 0.1) is 0 Å². The van der Waals surface area contributed by atoms with E-state index in [9.17, 15) is 14.7 Å². The number of amides is 1. The van der Waals surface area contributed by atoms with Gasteiger partial charge in [-0.25, -0.2) is 4.79 Å². The Labute approximate surface area is 132 Å². The first-order chi connectivity index (χ1) is 10.1. The number of ether oxygens (including phenoxy) is 1. The van der Waals surface area contributed by atoms with E-state index in [1.807, 2.05) is 0 Å². The monoisotopic (exact) mass is 328 g/mol. The van der Waals surface area contributed by atoms with E-state index in [-0.39, 0.29) is 11.5 Å². The zero-order valence-electron chi connectivity index (χ0n) is 12.6. The largest absolute Gasteiger partial charge is 0.507 e. The Balaban J connectivity index is 2.73. The molecule has 0 heterocycles. The van der Waals surface area contributed by atoms with Crippen LogP contribution < -0.4 is 11.1 Å². The summed E-state index contributed by atoms with van der Waals surface area (Å²) >= 11 is 1.09. The molecule has 22 heavy (non-hydrogen) atoms. The van der Waals surface area contributed by atoms with Crippen LogP contribution in [0.3, 0.4) is 0 Å². The summed E-state index contributed by atoms with van der Waals surface area (Å²) in [6, 6.07) is 3.41. The first-order valence-electron chi connectivity index (χ1n) is 6.52. The van der Waals surface area contributed by atoms with Crippen molar-refractivity contribution in [2.75, 3.05) is 11.1 Å². The first kappa shape index (κ1) is 18.1. The van der Waals surface area contributed by atoms with Crippen LogP contribution in [0.15, 0.2) is 23.1 Å². The Kier molecular flexibility index (Phi) is 6.07. The Bertz CT molecular complexity index is 557. The fraction of sp³-hybridized carbons (Fsp3) is 0.429. The molecule has 0 fully saturated rings. The van der Waals surface area contributed by atoms with Crippen molar-refractivity contribution >= 4 is 29.5 Å². The molecule has 0 aliphatic carbocycles. The van der Waals surface area contributed by atoms with Crippen LogP contribution in [-0.2, 0) is 9.53 Å². The third-order valence-electron chi connectivity index (χ3n) is 2.34. The van der Waals surface area contributed by atoms with E-state index < -0.39 is 23.7 Å². The van der Waals surface area contributed by atoms with Gasteiger partial charge >= 0.3 is 12.1 Å². The minimum Gasteiger partial charge on any atom is -0.507 e. The number of anilines is 1. The van der Waals surface area contributed by atoms with Gasteiger partial charge in [-0.05, 0) is 39.0 Å². The molecule has 1 aromatic carbocycles. The van der Waals surface area contributed by atoms with Gasteiger partial charge in [0.15, 0.2) is 0 Å². The van der Waals surface area contributed by atoms with Gasteiger partial charge in [0, 0.05) is 11.4 Å². The van der Waals surface area contributed by atoms with Crippen LogP contribution in [0.1, 0.15) is 20.8 Å². The van der Waals surface area contributed by atoms with Crippen LogP contribution in [0.2, 0.25) is 0 Å². The molecule has 0 spiro atoms. The summed E-state index contributed by atoms with van der Waals surface area (Å²) in [6.07, 6.45) is -0.614. The molecule has 0 aromatic heterocycles. The van der Waals surface area contributed by atoms with Gasteiger partial charge in [-0.1, -0.05) is 0 Å². The second kappa shape index (κ2) is 7.37. The molecule has 1 rings (SSSR count). The highest BCUT2D eigenvalue weighted by molar-refractivity contribution is 7.99. The van der Waals surface area contributed by atoms with Crippen molar-refractivity contribution in [2.24, 2.45) is 5.73 Å². The van der Waals surface area contributed by atoms with Gasteiger partial charge in [-0.2, -0.15) is 0 Å². The second-order valence-corrected chi connectivity index (χ2v) is 6.63. The zero-order valence-corrected chi connectivity index (χ0v) is 13.4. The maximum Gasteiger partial charge on any atom is 0.412 e. The fourth-order valence-corrected chi connectivity index (χ4v) is 2.31. The number of carbonyl (C=O) groups is 2. The SMILES string of the molecule is CC(C)(C)OC(=O)Nc1ccc(O)c(SC[C@H](N)C(=O)O)c1. The molecule has 8 heteroatoms. The van der Waals surface area contributed by atoms with Gasteiger partial charge < -0.3 is 20.7 Å². The maximum atomic E-state index is 11.7. The van der Waals surface area contributed by atoms with E-state index in [1.54, 1.807) is 20.8 Å². The average molecular weight is 328 g/mol. The number of hydrogen-bond donors (Lipinski definition) is 4. The van der Waals surface area contributed by atoms with E-state index in [1.165, 1.54) is 18.2 Å². The number of benzene rings is 1. The minimum atomic E-state index is -1.12. The molecule has 0 unspecified atom stereocenters. The number of aliphatic carboxylic acids is 1. The summed E-state index contributed by atoms with van der Waals surface area (Å²) in [5, 5.41) is 21.0. The number of rotatable bonds is 5.